The van der Waals surface area contributed by atoms with Crippen LogP contribution in [0.5, 0.6) is 0 Å². The standard InChI is InChI=1S/C6H5NO2.C2H4O2/c1-3-9-6(8)5(2)4-7;1-2(3)4/h3H,1-2H2;1H3,(H,3,4). The average Bonchev–Trinajstić information content (AvgIpc) is 2.02. The van der Waals surface area contributed by atoms with Crippen molar-refractivity contribution in [2.45, 2.75) is 6.92 Å². The molecule has 0 aromatic heterocycles. The van der Waals surface area contributed by atoms with Crippen molar-refractivity contribution >= 4 is 11.9 Å². The van der Waals surface area contributed by atoms with Crippen LogP contribution in [-0.4, -0.2) is 17.0 Å². The molecule has 0 bridgehead atoms. The number of esters is 1. The first-order valence-electron chi connectivity index (χ1n) is 3.06. The van der Waals surface area contributed by atoms with Gasteiger partial charge in [-0.1, -0.05) is 13.2 Å². The summed E-state index contributed by atoms with van der Waals surface area (Å²) in [6.45, 7) is 7.32. The molecule has 0 amide bonds. The summed E-state index contributed by atoms with van der Waals surface area (Å²) in [7, 11) is 0. The lowest BCUT2D eigenvalue weighted by atomic mass is 10.3. The second kappa shape index (κ2) is 8.01. The fourth-order valence-electron chi connectivity index (χ4n) is 0.192. The molecule has 0 rings (SSSR count). The molecule has 0 heterocycles. The molecule has 0 fully saturated rings. The summed E-state index contributed by atoms with van der Waals surface area (Å²) in [6.07, 6.45) is 0.949. The molecule has 0 aromatic carbocycles. The number of aliphatic carboxylic acids is 1. The molecule has 0 atom stereocenters. The van der Waals surface area contributed by atoms with Gasteiger partial charge in [0.05, 0.1) is 6.26 Å². The van der Waals surface area contributed by atoms with Gasteiger partial charge in [0.1, 0.15) is 11.6 Å². The smallest absolute Gasteiger partial charge is 0.353 e. The highest BCUT2D eigenvalue weighted by molar-refractivity contribution is 5.92. The lowest BCUT2D eigenvalue weighted by molar-refractivity contribution is -0.134. The number of nitriles is 1. The molecule has 70 valence electrons. The van der Waals surface area contributed by atoms with Crippen LogP contribution in [0.2, 0.25) is 0 Å². The predicted molar refractivity (Wildman–Crippen MR) is 44.4 cm³/mol. The Hall–Kier alpha value is -2.09. The van der Waals surface area contributed by atoms with Crippen LogP contribution < -0.4 is 0 Å². The van der Waals surface area contributed by atoms with Crippen LogP contribution in [0.4, 0.5) is 0 Å². The third kappa shape index (κ3) is 13.0. The predicted octanol–water partition coefficient (Wildman–Crippen LogP) is 0.844. The summed E-state index contributed by atoms with van der Waals surface area (Å²) in [5.74, 6) is -1.59. The zero-order valence-corrected chi connectivity index (χ0v) is 7.11. The van der Waals surface area contributed by atoms with Gasteiger partial charge in [0, 0.05) is 6.92 Å². The second-order valence-electron chi connectivity index (χ2n) is 1.68. The van der Waals surface area contributed by atoms with E-state index in [9.17, 15) is 4.79 Å². The summed E-state index contributed by atoms with van der Waals surface area (Å²) in [5, 5.41) is 15.5. The van der Waals surface area contributed by atoms with E-state index >= 15 is 0 Å². The van der Waals surface area contributed by atoms with Crippen LogP contribution in [-0.2, 0) is 14.3 Å². The Balaban J connectivity index is 0. The number of ether oxygens (including phenoxy) is 1. The van der Waals surface area contributed by atoms with Crippen molar-refractivity contribution in [3.8, 4) is 6.07 Å². The molecule has 5 heteroatoms. The molecule has 0 aliphatic heterocycles. The van der Waals surface area contributed by atoms with Gasteiger partial charge in [-0.3, -0.25) is 4.79 Å². The lowest BCUT2D eigenvalue weighted by Crippen LogP contribution is -1.99. The van der Waals surface area contributed by atoms with Gasteiger partial charge in [-0.25, -0.2) is 4.79 Å². The van der Waals surface area contributed by atoms with Crippen LogP contribution in [0.3, 0.4) is 0 Å². The Morgan fingerprint density at radius 3 is 2.23 bits per heavy atom. The van der Waals surface area contributed by atoms with Gasteiger partial charge >= 0.3 is 5.97 Å². The number of hydrogen-bond donors (Lipinski definition) is 1. The number of nitrogens with zero attached hydrogens (tertiary/aromatic N) is 1. The Morgan fingerprint density at radius 2 is 2.00 bits per heavy atom. The molecule has 13 heavy (non-hydrogen) atoms. The first kappa shape index (κ1) is 13.5. The van der Waals surface area contributed by atoms with E-state index in [1.54, 1.807) is 0 Å². The normalized spacial score (nSPS) is 6.77. The first-order valence-corrected chi connectivity index (χ1v) is 3.06. The molecule has 0 saturated carbocycles. The number of carbonyl (C=O) groups is 2. The van der Waals surface area contributed by atoms with Gasteiger partial charge in [-0.05, 0) is 0 Å². The summed E-state index contributed by atoms with van der Waals surface area (Å²) >= 11 is 0. The SMILES string of the molecule is C=COC(=O)C(=C)C#N.CC(=O)O. The van der Waals surface area contributed by atoms with E-state index in [0.717, 1.165) is 13.2 Å². The second-order valence-corrected chi connectivity index (χ2v) is 1.68. The van der Waals surface area contributed by atoms with Gasteiger partial charge < -0.3 is 9.84 Å². The van der Waals surface area contributed by atoms with E-state index in [4.69, 9.17) is 15.2 Å². The minimum atomic E-state index is -0.833. The topological polar surface area (TPSA) is 87.4 Å². The van der Waals surface area contributed by atoms with E-state index in [1.807, 2.05) is 0 Å². The quantitative estimate of drug-likeness (QED) is 0.296. The molecule has 0 spiro atoms. The van der Waals surface area contributed by atoms with E-state index < -0.39 is 11.9 Å². The number of carbonyl (C=O) groups excluding carboxylic acids is 1. The molecular weight excluding hydrogens is 174 g/mol. The fraction of sp³-hybridized carbons (Fsp3) is 0.125. The van der Waals surface area contributed by atoms with Crippen LogP contribution in [0, 0.1) is 11.3 Å². The molecule has 0 unspecified atom stereocenters. The van der Waals surface area contributed by atoms with Crippen molar-refractivity contribution in [2.75, 3.05) is 0 Å². The summed E-state index contributed by atoms with van der Waals surface area (Å²) in [4.78, 5) is 19.4. The third-order valence-electron chi connectivity index (χ3n) is 0.572. The van der Waals surface area contributed by atoms with Crippen molar-refractivity contribution in [3.63, 3.8) is 0 Å². The van der Waals surface area contributed by atoms with Crippen LogP contribution >= 0.6 is 0 Å². The first-order chi connectivity index (χ1) is 5.95. The minimum absolute atomic E-state index is 0.227. The number of carboxylic acids is 1. The van der Waals surface area contributed by atoms with Crippen LogP contribution in [0.15, 0.2) is 25.0 Å². The van der Waals surface area contributed by atoms with Gasteiger partial charge in [-0.2, -0.15) is 5.26 Å². The average molecular weight is 183 g/mol. The number of hydrogen-bond acceptors (Lipinski definition) is 4. The molecule has 5 nitrogen and oxygen atoms in total. The van der Waals surface area contributed by atoms with Gasteiger partial charge in [0.2, 0.25) is 0 Å². The summed E-state index contributed by atoms with van der Waals surface area (Å²) < 4.78 is 4.20. The Bertz CT molecular complexity index is 258. The molecule has 1 N–H and O–H groups in total. The van der Waals surface area contributed by atoms with E-state index in [-0.39, 0.29) is 5.57 Å². The maximum absolute atomic E-state index is 10.4. The molecule has 0 aliphatic rings. The van der Waals surface area contributed by atoms with E-state index in [2.05, 4.69) is 17.9 Å². The highest BCUT2D eigenvalue weighted by atomic mass is 16.5. The van der Waals surface area contributed by atoms with Gasteiger partial charge in [0.25, 0.3) is 5.97 Å². The monoisotopic (exact) mass is 183 g/mol. The number of carboxylic acid groups (broad SMARTS) is 1. The maximum atomic E-state index is 10.4. The Labute approximate surface area is 75.5 Å². The zero-order valence-electron chi connectivity index (χ0n) is 7.11. The number of rotatable bonds is 2. The Kier molecular flexibility index (Phi) is 8.32. The highest BCUT2D eigenvalue weighted by Gasteiger charge is 2.03. The van der Waals surface area contributed by atoms with Gasteiger partial charge in [0.15, 0.2) is 0 Å². The van der Waals surface area contributed by atoms with Crippen molar-refractivity contribution in [1.82, 2.24) is 0 Å². The molecule has 0 saturated heterocycles. The lowest BCUT2D eigenvalue weighted by Gasteiger charge is -1.90. The zero-order chi connectivity index (χ0) is 10.9. The third-order valence-corrected chi connectivity index (χ3v) is 0.572. The molecule has 0 aromatic rings. The Morgan fingerprint density at radius 1 is 1.62 bits per heavy atom. The van der Waals surface area contributed by atoms with Crippen molar-refractivity contribution in [2.24, 2.45) is 0 Å². The largest absolute Gasteiger partial charge is 0.481 e. The van der Waals surface area contributed by atoms with Crippen LogP contribution in [0.25, 0.3) is 0 Å². The van der Waals surface area contributed by atoms with Crippen molar-refractivity contribution in [1.29, 1.82) is 5.26 Å². The molecule has 0 radical (unpaired) electrons. The highest BCUT2D eigenvalue weighted by Crippen LogP contribution is 1.90. The van der Waals surface area contributed by atoms with Crippen molar-refractivity contribution in [3.05, 3.63) is 25.0 Å². The van der Waals surface area contributed by atoms with Gasteiger partial charge in [-0.15, -0.1) is 0 Å². The minimum Gasteiger partial charge on any atom is -0.481 e. The summed E-state index contributed by atoms with van der Waals surface area (Å²) in [6, 6.07) is 1.53. The molecule has 0 aliphatic carbocycles. The molecular formula is C8H9NO4. The van der Waals surface area contributed by atoms with E-state index in [0.29, 0.717) is 0 Å². The maximum Gasteiger partial charge on any atom is 0.353 e. The summed E-state index contributed by atoms with van der Waals surface area (Å²) in [5.41, 5.74) is -0.227. The van der Waals surface area contributed by atoms with Crippen LogP contribution in [0.1, 0.15) is 6.92 Å². The van der Waals surface area contributed by atoms with E-state index in [1.165, 1.54) is 6.07 Å². The fourth-order valence-corrected chi connectivity index (χ4v) is 0.192. The van der Waals surface area contributed by atoms with Crippen molar-refractivity contribution < 1.29 is 19.4 Å².